The van der Waals surface area contributed by atoms with Gasteiger partial charge in [0.05, 0.1) is 77.9 Å². The zero-order valence-electron chi connectivity index (χ0n) is 84.1. The van der Waals surface area contributed by atoms with Crippen molar-refractivity contribution < 1.29 is 36.2 Å². The summed E-state index contributed by atoms with van der Waals surface area (Å²) >= 11 is 0. The van der Waals surface area contributed by atoms with E-state index in [4.69, 9.17) is 32.9 Å². The molecule has 0 bridgehead atoms. The van der Waals surface area contributed by atoms with Gasteiger partial charge in [-0.2, -0.15) is 5.26 Å². The van der Waals surface area contributed by atoms with Crippen LogP contribution in [0.25, 0.3) is 159 Å². The van der Waals surface area contributed by atoms with Crippen LogP contribution in [0.3, 0.4) is 0 Å². The molecule has 12 aromatic carbocycles. The monoisotopic (exact) mass is 1870 g/mol. The Kier molecular flexibility index (Phi) is 25.9. The van der Waals surface area contributed by atoms with Crippen molar-refractivity contribution in [3.8, 4) is 140 Å². The molecule has 6 aromatic heterocycles. The van der Waals surface area contributed by atoms with Crippen LogP contribution in [-0.4, -0.2) is 0 Å². The van der Waals surface area contributed by atoms with Crippen molar-refractivity contribution in [3.05, 3.63) is 489 Å². The lowest BCUT2D eigenvalue weighted by atomic mass is 9.93. The van der Waals surface area contributed by atoms with E-state index >= 15 is 0 Å². The van der Waals surface area contributed by atoms with E-state index in [0.29, 0.717) is 18.4 Å². The van der Waals surface area contributed by atoms with Gasteiger partial charge in [-0.15, -0.1) is 0 Å². The molecule has 0 saturated heterocycles. The molecule has 0 spiro atoms. The lowest BCUT2D eigenvalue weighted by Crippen LogP contribution is -2.31. The number of rotatable bonds is 6. The fraction of sp³-hybridized carbons (Fsp3) is 0.169. The SMILES string of the molecule is Cc1ccc(-c2c(C)ccc3c2Cc2cccc(C#N)c2-3)[n+](C)c1.[C-]#[N+]c1c(C)ccc2c1Cc1c-2ccc(C)c1-c1cccc[n+]1C.[C-]#[N+]c1c(F)ccc2c1Cc1c-2ccc(C)c1-c1cccc[n+]1C.[C-]#[N+]c1cc2c(cc1C)-c1ccc(C)c(-c3cccc[n+]3C)c1C2.[C-]#[N+]c1ccc2c(c1C)Cc1c-2ccc(C)c1-c1cccc[n+]1C.[C-]#[N+]c1ccc2c(c1F)Cc1c-2ccc(C)c1-c1cccc[n+]1C. The number of nitriles is 1. The summed E-state index contributed by atoms with van der Waals surface area (Å²) in [6, 6.07) is 89.3. The first-order chi connectivity index (χ1) is 69.6. The molecule has 696 valence electrons. The van der Waals surface area contributed by atoms with Crippen molar-refractivity contribution >= 4 is 28.4 Å². The van der Waals surface area contributed by atoms with Crippen LogP contribution in [-0.2, 0) is 80.8 Å². The Morgan fingerprint density at radius 3 is 1.00 bits per heavy atom. The second-order valence-corrected chi connectivity index (χ2v) is 38.6. The van der Waals surface area contributed by atoms with E-state index in [1.165, 1.54) is 185 Å². The molecular weight excluding hydrogens is 1770 g/mol. The summed E-state index contributed by atoms with van der Waals surface area (Å²) in [5, 5.41) is 9.49. The summed E-state index contributed by atoms with van der Waals surface area (Å²) in [6.45, 7) is 57.9. The van der Waals surface area contributed by atoms with E-state index in [9.17, 15) is 14.0 Å². The highest BCUT2D eigenvalue weighted by atomic mass is 19.1. The molecule has 0 N–H and O–H groups in total. The summed E-state index contributed by atoms with van der Waals surface area (Å²) in [5.41, 5.74) is 58.6. The topological polar surface area (TPSA) is 68.9 Å². The van der Waals surface area contributed by atoms with Gasteiger partial charge in [0.25, 0.3) is 0 Å². The average Bonchev–Trinajstić information content (AvgIpc) is 1.60. The summed E-state index contributed by atoms with van der Waals surface area (Å²) < 4.78 is 41.6. The first-order valence-corrected chi connectivity index (χ1v) is 48.6. The predicted octanol–water partition coefficient (Wildman–Crippen LogP) is 28.5. The first kappa shape index (κ1) is 95.3. The number of halogens is 2. The molecule has 0 amide bonds. The molecule has 0 fully saturated rings. The van der Waals surface area contributed by atoms with Crippen LogP contribution in [0.2, 0.25) is 0 Å². The predicted molar refractivity (Wildman–Crippen MR) is 571 cm³/mol. The Labute approximate surface area is 843 Å². The molecule has 0 unspecified atom stereocenters. The Bertz CT molecular complexity index is 8400. The van der Waals surface area contributed by atoms with E-state index in [1.807, 2.05) is 88.9 Å². The van der Waals surface area contributed by atoms with Gasteiger partial charge in [0.2, 0.25) is 45.5 Å². The lowest BCUT2D eigenvalue weighted by Gasteiger charge is -2.11. The molecule has 6 heterocycles. The van der Waals surface area contributed by atoms with Crippen molar-refractivity contribution in [2.75, 3.05) is 0 Å². The highest BCUT2D eigenvalue weighted by Crippen LogP contribution is 2.53. The van der Waals surface area contributed by atoms with Crippen molar-refractivity contribution in [1.82, 2.24) is 0 Å². The average molecular weight is 1880 g/mol. The van der Waals surface area contributed by atoms with Crippen LogP contribution in [0.4, 0.5) is 37.2 Å². The number of aromatic nitrogens is 6. The number of benzene rings is 12. The second-order valence-electron chi connectivity index (χ2n) is 38.6. The minimum Gasteiger partial charge on any atom is -0.238 e. The van der Waals surface area contributed by atoms with Gasteiger partial charge in [-0.05, 0) is 328 Å². The highest BCUT2D eigenvalue weighted by molar-refractivity contribution is 5.95. The van der Waals surface area contributed by atoms with Crippen LogP contribution in [0.15, 0.2) is 292 Å². The van der Waals surface area contributed by atoms with E-state index in [-0.39, 0.29) is 17.2 Å². The summed E-state index contributed by atoms with van der Waals surface area (Å²) in [4.78, 5) is 17.9. The molecule has 0 atom stereocenters. The molecule has 14 heteroatoms. The number of hydrogen-bond acceptors (Lipinski definition) is 1. The van der Waals surface area contributed by atoms with Gasteiger partial charge in [-0.3, -0.25) is 0 Å². The maximum atomic E-state index is 14.6. The van der Waals surface area contributed by atoms with Gasteiger partial charge in [0, 0.05) is 84.3 Å². The number of nitrogens with zero attached hydrogens (tertiary/aromatic N) is 12. The van der Waals surface area contributed by atoms with Crippen molar-refractivity contribution in [2.45, 2.75) is 108 Å². The fourth-order valence-electron chi connectivity index (χ4n) is 22.7. The highest BCUT2D eigenvalue weighted by Gasteiger charge is 2.37. The molecule has 0 aliphatic heterocycles. The minimum atomic E-state index is -0.430. The van der Waals surface area contributed by atoms with Gasteiger partial charge in [0.1, 0.15) is 53.9 Å². The smallest absolute Gasteiger partial charge is 0.226 e. The molecule has 6 aliphatic carbocycles. The Morgan fingerprint density at radius 1 is 0.257 bits per heavy atom. The summed E-state index contributed by atoms with van der Waals surface area (Å²) in [5.74, 6) is -0.806. The molecule has 144 heavy (non-hydrogen) atoms. The van der Waals surface area contributed by atoms with Gasteiger partial charge < -0.3 is 0 Å². The van der Waals surface area contributed by atoms with E-state index in [0.717, 1.165) is 121 Å². The number of aryl methyl sites for hydroxylation is 15. The Balaban J connectivity index is 0.000000109. The molecule has 12 nitrogen and oxygen atoms in total. The van der Waals surface area contributed by atoms with Crippen LogP contribution in [0.1, 0.15) is 128 Å². The molecular formula is C130H108F2N12+6. The molecule has 0 radical (unpaired) electrons. The van der Waals surface area contributed by atoms with E-state index < -0.39 is 5.82 Å². The van der Waals surface area contributed by atoms with Crippen LogP contribution in [0.5, 0.6) is 0 Å². The Hall–Kier alpha value is -17.7. The van der Waals surface area contributed by atoms with Crippen molar-refractivity contribution in [3.63, 3.8) is 0 Å². The number of hydrogen-bond donors (Lipinski definition) is 0. The fourth-order valence-corrected chi connectivity index (χ4v) is 22.7. The zero-order valence-corrected chi connectivity index (χ0v) is 84.1. The van der Waals surface area contributed by atoms with Gasteiger partial charge in [0.15, 0.2) is 54.2 Å². The van der Waals surface area contributed by atoms with Crippen LogP contribution in [0, 0.1) is 125 Å². The maximum Gasteiger partial charge on any atom is 0.226 e. The Morgan fingerprint density at radius 2 is 0.590 bits per heavy atom. The van der Waals surface area contributed by atoms with Gasteiger partial charge >= 0.3 is 0 Å². The van der Waals surface area contributed by atoms with Crippen molar-refractivity contribution in [2.24, 2.45) is 42.3 Å². The number of pyridine rings is 6. The van der Waals surface area contributed by atoms with Crippen LogP contribution >= 0.6 is 0 Å². The largest absolute Gasteiger partial charge is 0.238 e. The molecule has 18 aromatic rings. The lowest BCUT2D eigenvalue weighted by molar-refractivity contribution is -0.660. The molecule has 0 saturated carbocycles. The quantitative estimate of drug-likeness (QED) is 0.121. The summed E-state index contributed by atoms with van der Waals surface area (Å²) in [7, 11) is 12.4. The summed E-state index contributed by atoms with van der Waals surface area (Å²) in [6.07, 6.45) is 17.2. The first-order valence-electron chi connectivity index (χ1n) is 48.6. The molecule has 6 aliphatic rings. The zero-order chi connectivity index (χ0) is 101. The van der Waals surface area contributed by atoms with Gasteiger partial charge in [-0.1, -0.05) is 140 Å². The normalized spacial score (nSPS) is 11.8. The van der Waals surface area contributed by atoms with Gasteiger partial charge in [-0.25, -0.2) is 60.4 Å². The van der Waals surface area contributed by atoms with E-state index in [1.54, 1.807) is 12.1 Å². The number of fused-ring (bicyclic) bond motifs is 18. The third-order valence-electron chi connectivity index (χ3n) is 29.9. The minimum absolute atomic E-state index is 0.102. The standard InChI is InChI=1S/4C22H19N2.2C21H16FN2/c1-14-8-10-16-17-11-9-15(2)22(23-3)19(17)13-18(16)21(14)20-7-5-6-12-24(20)4;1-14-8-9-17-16-10-11-20(23-3)15(2)18(16)13-19(17)22(14)21-7-5-6-12-24(21)4;1-14-8-9-17-18-11-15(2)20(23-3)13-16(18)12-19(17)22(14)21-7-5-6-10-24(21)4;1-14-7-10-20(24(3)13-14)21-15(2)8-9-18-19(21)11-16-5-4-6-17(12-23)22(16)18;1-13-7-8-14-15-9-10-18(23-2)21(22)17(15)12-16(14)20(13)19-6-4-5-11-24(19)3;1-13-7-8-14-15-9-10-18(22)21(23-2)17(15)12-16(14)20(13)19-6-4-5-11-24(19)3/h2*5-12H,13H2,1-2,4H3;5-11,13H,12H2,1-2,4H3;4-10,13H,11H2,1-3H3;2*4-11H,12H2,1,3H3/q6*+1. The third kappa shape index (κ3) is 16.9. The van der Waals surface area contributed by atoms with E-state index in [2.05, 4.69) is 354 Å². The van der Waals surface area contributed by atoms with Crippen LogP contribution < -0.4 is 27.4 Å². The maximum absolute atomic E-state index is 14.6. The second kappa shape index (κ2) is 39.2. The molecule has 24 rings (SSSR count). The van der Waals surface area contributed by atoms with Crippen molar-refractivity contribution in [1.29, 1.82) is 5.26 Å². The third-order valence-corrected chi connectivity index (χ3v) is 29.9.